The summed E-state index contributed by atoms with van der Waals surface area (Å²) in [5, 5.41) is 3.49. The molecule has 0 aliphatic carbocycles. The van der Waals surface area contributed by atoms with Gasteiger partial charge in [0.2, 0.25) is 5.95 Å². The van der Waals surface area contributed by atoms with Crippen molar-refractivity contribution in [1.29, 1.82) is 0 Å². The number of rotatable bonds is 6. The van der Waals surface area contributed by atoms with Crippen molar-refractivity contribution in [3.05, 3.63) is 23.3 Å². The molecule has 2 rings (SSSR count). The number of aromatic nitrogens is 1. The number of hydrogen-bond acceptors (Lipinski definition) is 5. The maximum Gasteiger partial charge on any atom is 0.410 e. The molecule has 2 heterocycles. The largest absolute Gasteiger partial charge is 0.492 e. The van der Waals surface area contributed by atoms with Crippen molar-refractivity contribution in [3.63, 3.8) is 0 Å². The zero-order chi connectivity index (χ0) is 20.2. The summed E-state index contributed by atoms with van der Waals surface area (Å²) in [7, 11) is 1.70. The first-order chi connectivity index (χ1) is 12.6. The quantitative estimate of drug-likeness (QED) is 0.599. The van der Waals surface area contributed by atoms with Gasteiger partial charge in [-0.1, -0.05) is 6.92 Å². The van der Waals surface area contributed by atoms with Crippen LogP contribution in [-0.2, 0) is 11.2 Å². The lowest BCUT2D eigenvalue weighted by Crippen LogP contribution is -2.38. The molecule has 0 radical (unpaired) electrons. The summed E-state index contributed by atoms with van der Waals surface area (Å²) in [6.45, 7) is 10.6. The first-order valence-electron chi connectivity index (χ1n) is 9.62. The van der Waals surface area contributed by atoms with E-state index in [1.165, 1.54) is 11.1 Å². The van der Waals surface area contributed by atoms with Gasteiger partial charge in [0.15, 0.2) is 0 Å². The Hall–Kier alpha value is -1.89. The van der Waals surface area contributed by atoms with Crippen molar-refractivity contribution >= 4 is 6.09 Å². The molecule has 2 unspecified atom stereocenters. The molecule has 0 bridgehead atoms. The molecule has 1 aromatic rings. The molecular formula is C20H32FN3O3. The normalized spacial score (nSPS) is 19.4. The molecule has 1 amide bonds. The predicted octanol–water partition coefficient (Wildman–Crippen LogP) is 3.84. The van der Waals surface area contributed by atoms with Crippen molar-refractivity contribution in [2.24, 2.45) is 0 Å². The third kappa shape index (κ3) is 5.79. The molecule has 0 saturated heterocycles. The van der Waals surface area contributed by atoms with E-state index in [0.717, 1.165) is 12.0 Å². The lowest BCUT2D eigenvalue weighted by molar-refractivity contribution is 0.0292. The fraction of sp³-hybridized carbons (Fsp3) is 0.700. The first-order valence-corrected chi connectivity index (χ1v) is 9.62. The molecule has 2 atom stereocenters. The fourth-order valence-corrected chi connectivity index (χ4v) is 3.24. The molecule has 0 saturated carbocycles. The number of amides is 1. The fourth-order valence-electron chi connectivity index (χ4n) is 3.24. The Kier molecular flexibility index (Phi) is 7.03. The number of nitrogens with zero attached hydrogens (tertiary/aromatic N) is 2. The molecule has 1 aliphatic rings. The first kappa shape index (κ1) is 21.4. The van der Waals surface area contributed by atoms with Gasteiger partial charge in [-0.2, -0.15) is 4.39 Å². The number of nitrogens with one attached hydrogen (secondary N) is 1. The second-order valence-corrected chi connectivity index (χ2v) is 8.14. The van der Waals surface area contributed by atoms with Crippen molar-refractivity contribution < 1.29 is 18.7 Å². The van der Waals surface area contributed by atoms with E-state index in [0.29, 0.717) is 37.3 Å². The van der Waals surface area contributed by atoms with Crippen LogP contribution in [0.5, 0.6) is 5.75 Å². The van der Waals surface area contributed by atoms with Gasteiger partial charge in [-0.15, -0.1) is 0 Å². The van der Waals surface area contributed by atoms with Gasteiger partial charge in [-0.3, -0.25) is 0 Å². The van der Waals surface area contributed by atoms with Gasteiger partial charge in [-0.25, -0.2) is 9.78 Å². The van der Waals surface area contributed by atoms with Gasteiger partial charge in [-0.05, 0) is 47.0 Å². The molecular weight excluding hydrogens is 349 g/mol. The number of carbonyl (C=O) groups is 1. The van der Waals surface area contributed by atoms with E-state index in [1.807, 2.05) is 27.7 Å². The Morgan fingerprint density at radius 3 is 2.78 bits per heavy atom. The van der Waals surface area contributed by atoms with Crippen LogP contribution in [-0.4, -0.2) is 47.8 Å². The summed E-state index contributed by atoms with van der Waals surface area (Å²) < 4.78 is 25.4. The monoisotopic (exact) mass is 381 g/mol. The summed E-state index contributed by atoms with van der Waals surface area (Å²) in [5.74, 6) is 0.214. The minimum Gasteiger partial charge on any atom is -0.492 e. The van der Waals surface area contributed by atoms with Crippen molar-refractivity contribution in [2.75, 3.05) is 20.2 Å². The molecule has 0 aromatic carbocycles. The predicted molar refractivity (Wildman–Crippen MR) is 103 cm³/mol. The van der Waals surface area contributed by atoms with Crippen LogP contribution in [0.25, 0.3) is 0 Å². The van der Waals surface area contributed by atoms with Crippen LogP contribution in [0.1, 0.15) is 64.6 Å². The van der Waals surface area contributed by atoms with Crippen molar-refractivity contribution in [1.82, 2.24) is 15.2 Å². The maximum atomic E-state index is 14.2. The number of ether oxygens (including phenoxy) is 2. The third-order valence-electron chi connectivity index (χ3n) is 4.49. The molecule has 7 heteroatoms. The second-order valence-electron chi connectivity index (χ2n) is 8.14. The van der Waals surface area contributed by atoms with E-state index >= 15 is 0 Å². The Labute approximate surface area is 161 Å². The molecule has 27 heavy (non-hydrogen) atoms. The Morgan fingerprint density at radius 2 is 2.15 bits per heavy atom. The molecule has 0 fully saturated rings. The maximum absolute atomic E-state index is 14.2. The summed E-state index contributed by atoms with van der Waals surface area (Å²) in [4.78, 5) is 17.4. The van der Waals surface area contributed by atoms with Crippen LogP contribution >= 0.6 is 0 Å². The van der Waals surface area contributed by atoms with Crippen LogP contribution < -0.4 is 10.1 Å². The summed E-state index contributed by atoms with van der Waals surface area (Å²) in [5.41, 5.74) is 1.01. The average molecular weight is 381 g/mol. The Morgan fingerprint density at radius 1 is 1.44 bits per heavy atom. The van der Waals surface area contributed by atoms with E-state index in [1.54, 1.807) is 7.05 Å². The van der Waals surface area contributed by atoms with Crippen LogP contribution in [0.2, 0.25) is 0 Å². The van der Waals surface area contributed by atoms with E-state index in [4.69, 9.17) is 9.47 Å². The van der Waals surface area contributed by atoms with Crippen LogP contribution in [0, 0.1) is 5.95 Å². The zero-order valence-electron chi connectivity index (χ0n) is 17.3. The number of pyridine rings is 1. The number of fused-ring (bicyclic) bond motifs is 1. The highest BCUT2D eigenvalue weighted by Gasteiger charge is 2.29. The highest BCUT2D eigenvalue weighted by molar-refractivity contribution is 5.67. The van der Waals surface area contributed by atoms with Gasteiger partial charge in [0.05, 0.1) is 12.8 Å². The summed E-state index contributed by atoms with van der Waals surface area (Å²) in [6.07, 6.45) is 3.20. The number of halogens is 1. The minimum atomic E-state index is -0.514. The highest BCUT2D eigenvalue weighted by Crippen LogP contribution is 2.35. The standard InChI is InChI=1S/C20H32FN3O3/c1-7-15-17-14(11-13(2)23-15)18(21)22-12-16(17)26-10-8-9-24(6)19(25)27-20(3,4)5/h12-13,15,23H,7-11H2,1-6H3. The van der Waals surface area contributed by atoms with Crippen LogP contribution in [0.15, 0.2) is 6.20 Å². The third-order valence-corrected chi connectivity index (χ3v) is 4.49. The highest BCUT2D eigenvalue weighted by atomic mass is 19.1. The SMILES string of the molecule is CCC1NC(C)Cc2c(F)ncc(OCCCN(C)C(=O)OC(C)(C)C)c21. The second kappa shape index (κ2) is 8.87. The topological polar surface area (TPSA) is 63.7 Å². The molecule has 1 N–H and O–H groups in total. The van der Waals surface area contributed by atoms with E-state index in [-0.39, 0.29) is 18.2 Å². The van der Waals surface area contributed by atoms with E-state index in [2.05, 4.69) is 17.2 Å². The summed E-state index contributed by atoms with van der Waals surface area (Å²) in [6, 6.07) is 0.261. The Bertz CT molecular complexity index is 661. The molecule has 152 valence electrons. The molecule has 1 aromatic heterocycles. The zero-order valence-corrected chi connectivity index (χ0v) is 17.3. The smallest absolute Gasteiger partial charge is 0.410 e. The molecule has 6 nitrogen and oxygen atoms in total. The van der Waals surface area contributed by atoms with E-state index in [9.17, 15) is 9.18 Å². The van der Waals surface area contributed by atoms with Crippen molar-refractivity contribution in [3.8, 4) is 5.75 Å². The number of carbonyl (C=O) groups excluding carboxylic acids is 1. The van der Waals surface area contributed by atoms with Gasteiger partial charge >= 0.3 is 6.09 Å². The summed E-state index contributed by atoms with van der Waals surface area (Å²) >= 11 is 0. The number of hydrogen-bond donors (Lipinski definition) is 1. The van der Waals surface area contributed by atoms with Gasteiger partial charge in [0, 0.05) is 36.8 Å². The van der Waals surface area contributed by atoms with Crippen LogP contribution in [0.4, 0.5) is 9.18 Å². The molecule has 0 spiro atoms. The lowest BCUT2D eigenvalue weighted by atomic mass is 9.90. The van der Waals surface area contributed by atoms with E-state index < -0.39 is 11.5 Å². The average Bonchev–Trinajstić information content (AvgIpc) is 2.58. The van der Waals surface area contributed by atoms with Crippen LogP contribution in [0.3, 0.4) is 0 Å². The lowest BCUT2D eigenvalue weighted by Gasteiger charge is -2.32. The van der Waals surface area contributed by atoms with Crippen molar-refractivity contribution in [2.45, 2.75) is 71.6 Å². The minimum absolute atomic E-state index is 0.0562. The van der Waals surface area contributed by atoms with Gasteiger partial charge < -0.3 is 19.7 Å². The van der Waals surface area contributed by atoms with Gasteiger partial charge in [0.1, 0.15) is 11.4 Å². The van der Waals surface area contributed by atoms with Gasteiger partial charge in [0.25, 0.3) is 0 Å². The Balaban J connectivity index is 1.95. The molecule has 1 aliphatic heterocycles.